The van der Waals surface area contributed by atoms with Gasteiger partial charge in [-0.15, -0.1) is 0 Å². The lowest BCUT2D eigenvalue weighted by molar-refractivity contribution is -0.148. The maximum absolute atomic E-state index is 10.8. The minimum Gasteiger partial charge on any atom is -0.481 e. The normalized spacial score (nSPS) is 23.8. The van der Waals surface area contributed by atoms with Gasteiger partial charge in [0.25, 0.3) is 0 Å². The lowest BCUT2D eigenvalue weighted by atomic mass is 9.76. The van der Waals surface area contributed by atoms with Crippen molar-refractivity contribution in [3.63, 3.8) is 0 Å². The van der Waals surface area contributed by atoms with Crippen molar-refractivity contribution in [2.24, 2.45) is 11.3 Å². The van der Waals surface area contributed by atoms with Gasteiger partial charge in [-0.3, -0.25) is 4.79 Å². The lowest BCUT2D eigenvalue weighted by Gasteiger charge is -2.29. The zero-order chi connectivity index (χ0) is 9.19. The summed E-state index contributed by atoms with van der Waals surface area (Å²) in [5.74, 6) is -1.43. The van der Waals surface area contributed by atoms with E-state index in [-0.39, 0.29) is 12.0 Å². The van der Waals surface area contributed by atoms with Crippen LogP contribution >= 0.6 is 0 Å². The average Bonchev–Trinajstić information content (AvgIpc) is 2.37. The number of carbonyl (C=O) groups is 1. The Morgan fingerprint density at radius 2 is 2.00 bits per heavy atom. The minimum atomic E-state index is -0.859. The molecule has 0 aromatic rings. The van der Waals surface area contributed by atoms with Gasteiger partial charge in [-0.1, -0.05) is 19.8 Å². The summed E-state index contributed by atoms with van der Waals surface area (Å²) < 4.78 is 0. The van der Waals surface area contributed by atoms with E-state index in [2.05, 4.69) is 0 Å². The average molecular weight is 172 g/mol. The van der Waals surface area contributed by atoms with Crippen LogP contribution in [0.5, 0.6) is 0 Å². The highest BCUT2D eigenvalue weighted by Gasteiger charge is 2.40. The molecule has 3 nitrogen and oxygen atoms in total. The van der Waals surface area contributed by atoms with Gasteiger partial charge < -0.3 is 10.2 Å². The van der Waals surface area contributed by atoms with Gasteiger partial charge in [0.2, 0.25) is 0 Å². The van der Waals surface area contributed by atoms with Crippen LogP contribution in [0.3, 0.4) is 0 Å². The minimum absolute atomic E-state index is 0.166. The van der Waals surface area contributed by atoms with Gasteiger partial charge in [-0.2, -0.15) is 0 Å². The molecular weight excluding hydrogens is 156 g/mol. The fourth-order valence-electron chi connectivity index (χ4n) is 2.13. The molecule has 0 heterocycles. The molecule has 0 aromatic heterocycles. The van der Waals surface area contributed by atoms with Gasteiger partial charge in [0.15, 0.2) is 0 Å². The van der Waals surface area contributed by atoms with E-state index in [1.54, 1.807) is 0 Å². The highest BCUT2D eigenvalue weighted by atomic mass is 16.4. The third-order valence-corrected chi connectivity index (χ3v) is 3.07. The predicted molar refractivity (Wildman–Crippen MR) is 44.8 cm³/mol. The number of carboxylic acid groups (broad SMARTS) is 1. The Labute approximate surface area is 72.4 Å². The Hall–Kier alpha value is -0.570. The lowest BCUT2D eigenvalue weighted by Crippen LogP contribution is -2.33. The number of carboxylic acids is 1. The van der Waals surface area contributed by atoms with Crippen molar-refractivity contribution in [1.29, 1.82) is 0 Å². The number of hydrogen-bond donors (Lipinski definition) is 2. The molecule has 0 aliphatic heterocycles. The summed E-state index contributed by atoms with van der Waals surface area (Å²) in [5.41, 5.74) is -0.166. The van der Waals surface area contributed by atoms with Crippen LogP contribution < -0.4 is 0 Å². The Morgan fingerprint density at radius 1 is 1.50 bits per heavy atom. The van der Waals surface area contributed by atoms with Crippen molar-refractivity contribution >= 4 is 5.97 Å². The Morgan fingerprint density at radius 3 is 2.33 bits per heavy atom. The fraction of sp³-hybridized carbons (Fsp3) is 0.889. The van der Waals surface area contributed by atoms with Gasteiger partial charge in [0.1, 0.15) is 0 Å². The topological polar surface area (TPSA) is 57.5 Å². The Bertz CT molecular complexity index is 171. The number of aliphatic hydroxyl groups excluding tert-OH is 1. The molecule has 3 heteroatoms. The summed E-state index contributed by atoms with van der Waals surface area (Å²) in [7, 11) is 0. The second-order valence-electron chi connectivity index (χ2n) is 3.93. The molecule has 0 spiro atoms. The van der Waals surface area contributed by atoms with Crippen molar-refractivity contribution in [2.45, 2.75) is 32.6 Å². The molecule has 0 amide bonds. The molecule has 0 bridgehead atoms. The third kappa shape index (κ3) is 1.61. The van der Waals surface area contributed by atoms with Crippen molar-refractivity contribution in [3.8, 4) is 0 Å². The first-order chi connectivity index (χ1) is 5.60. The van der Waals surface area contributed by atoms with E-state index in [0.717, 1.165) is 25.7 Å². The maximum Gasteiger partial charge on any atom is 0.309 e. The van der Waals surface area contributed by atoms with E-state index in [0.29, 0.717) is 0 Å². The second-order valence-corrected chi connectivity index (χ2v) is 3.93. The van der Waals surface area contributed by atoms with E-state index >= 15 is 0 Å². The van der Waals surface area contributed by atoms with Gasteiger partial charge in [0, 0.05) is 0 Å². The molecule has 12 heavy (non-hydrogen) atoms. The standard InChI is InChI=1S/C9H16O3/c1-9(4-2-3-5-9)7(6-10)8(11)12/h7,10H,2-6H2,1H3,(H,11,12). The van der Waals surface area contributed by atoms with Crippen LogP contribution in [0.15, 0.2) is 0 Å². The fourth-order valence-corrected chi connectivity index (χ4v) is 2.13. The monoisotopic (exact) mass is 172 g/mol. The van der Waals surface area contributed by atoms with Gasteiger partial charge in [-0.05, 0) is 18.3 Å². The molecule has 1 rings (SSSR count). The highest BCUT2D eigenvalue weighted by molar-refractivity contribution is 5.71. The molecule has 2 N–H and O–H groups in total. The summed E-state index contributed by atoms with van der Waals surface area (Å²) in [6, 6.07) is 0. The molecule has 1 aliphatic rings. The maximum atomic E-state index is 10.8. The van der Waals surface area contributed by atoms with Crippen LogP contribution in [0.2, 0.25) is 0 Å². The Balaban J connectivity index is 2.69. The third-order valence-electron chi connectivity index (χ3n) is 3.07. The Kier molecular flexibility index (Phi) is 2.73. The van der Waals surface area contributed by atoms with Crippen LogP contribution in [0.4, 0.5) is 0 Å². The number of hydrogen-bond acceptors (Lipinski definition) is 2. The van der Waals surface area contributed by atoms with Crippen molar-refractivity contribution < 1.29 is 15.0 Å². The van der Waals surface area contributed by atoms with Crippen molar-refractivity contribution in [1.82, 2.24) is 0 Å². The zero-order valence-electron chi connectivity index (χ0n) is 7.42. The van der Waals surface area contributed by atoms with Crippen LogP contribution in [-0.2, 0) is 4.79 Å². The van der Waals surface area contributed by atoms with Gasteiger partial charge >= 0.3 is 5.97 Å². The van der Waals surface area contributed by atoms with Gasteiger partial charge in [0.05, 0.1) is 12.5 Å². The van der Waals surface area contributed by atoms with Crippen LogP contribution in [-0.4, -0.2) is 22.8 Å². The molecule has 1 atom stereocenters. The zero-order valence-corrected chi connectivity index (χ0v) is 7.42. The van der Waals surface area contributed by atoms with Crippen molar-refractivity contribution in [3.05, 3.63) is 0 Å². The molecule has 70 valence electrons. The number of aliphatic carboxylic acids is 1. The van der Waals surface area contributed by atoms with Crippen LogP contribution in [0.25, 0.3) is 0 Å². The van der Waals surface area contributed by atoms with Crippen molar-refractivity contribution in [2.75, 3.05) is 6.61 Å². The van der Waals surface area contributed by atoms with E-state index in [1.807, 2.05) is 6.92 Å². The summed E-state index contributed by atoms with van der Waals surface area (Å²) in [4.78, 5) is 10.8. The van der Waals surface area contributed by atoms with E-state index in [4.69, 9.17) is 10.2 Å². The second kappa shape index (κ2) is 3.44. The molecule has 1 aliphatic carbocycles. The molecule has 0 radical (unpaired) electrons. The first-order valence-corrected chi connectivity index (χ1v) is 4.44. The van der Waals surface area contributed by atoms with Gasteiger partial charge in [-0.25, -0.2) is 0 Å². The van der Waals surface area contributed by atoms with Crippen LogP contribution in [0, 0.1) is 11.3 Å². The predicted octanol–water partition coefficient (Wildman–Crippen LogP) is 1.26. The smallest absolute Gasteiger partial charge is 0.309 e. The van der Waals surface area contributed by atoms with Crippen LogP contribution in [0.1, 0.15) is 32.6 Å². The molecular formula is C9H16O3. The van der Waals surface area contributed by atoms with E-state index < -0.39 is 11.9 Å². The molecule has 0 saturated heterocycles. The SMILES string of the molecule is CC1(C(CO)C(=O)O)CCCC1. The molecule has 1 fully saturated rings. The number of rotatable bonds is 3. The summed E-state index contributed by atoms with van der Waals surface area (Å²) in [6.45, 7) is 1.74. The molecule has 1 unspecified atom stereocenters. The molecule has 1 saturated carbocycles. The highest BCUT2D eigenvalue weighted by Crippen LogP contribution is 2.43. The summed E-state index contributed by atoms with van der Waals surface area (Å²) in [5, 5.41) is 17.8. The first-order valence-electron chi connectivity index (χ1n) is 4.44. The number of aliphatic hydroxyl groups is 1. The summed E-state index contributed by atoms with van der Waals surface area (Å²) in [6.07, 6.45) is 4.07. The summed E-state index contributed by atoms with van der Waals surface area (Å²) >= 11 is 0. The molecule has 0 aromatic carbocycles. The largest absolute Gasteiger partial charge is 0.481 e. The quantitative estimate of drug-likeness (QED) is 0.673. The van der Waals surface area contributed by atoms with E-state index in [1.165, 1.54) is 0 Å². The first kappa shape index (κ1) is 9.52. The van der Waals surface area contributed by atoms with E-state index in [9.17, 15) is 4.79 Å².